The van der Waals surface area contributed by atoms with E-state index in [9.17, 15) is 4.79 Å². The van der Waals surface area contributed by atoms with Crippen LogP contribution in [0.15, 0.2) is 30.5 Å². The van der Waals surface area contributed by atoms with E-state index in [0.29, 0.717) is 0 Å². The average Bonchev–Trinajstić information content (AvgIpc) is 2.89. The molecule has 1 heterocycles. The zero-order valence-corrected chi connectivity index (χ0v) is 7.79. The van der Waals surface area contributed by atoms with Crippen LogP contribution in [0.2, 0.25) is 0 Å². The number of fused-ring (bicyclic) bond motifs is 1. The van der Waals surface area contributed by atoms with Gasteiger partial charge in [0.2, 0.25) is 0 Å². The fourth-order valence-electron chi connectivity index (χ4n) is 1.97. The first-order chi connectivity index (χ1) is 6.84. The quantitative estimate of drug-likeness (QED) is 0.716. The highest BCUT2D eigenvalue weighted by Crippen LogP contribution is 2.46. The number of benzene rings is 1. The molecular formula is C12H11NO. The average molecular weight is 185 g/mol. The van der Waals surface area contributed by atoms with Crippen molar-refractivity contribution >= 4 is 17.2 Å². The molecule has 1 aliphatic rings. The zero-order valence-electron chi connectivity index (χ0n) is 7.79. The number of rotatable bonds is 2. The number of aromatic amines is 1. The van der Waals surface area contributed by atoms with Gasteiger partial charge in [0.15, 0.2) is 0 Å². The monoisotopic (exact) mass is 185 g/mol. The molecule has 1 aromatic carbocycles. The molecule has 0 atom stereocenters. The Morgan fingerprint density at radius 1 is 1.29 bits per heavy atom. The second-order valence-corrected chi connectivity index (χ2v) is 4.05. The van der Waals surface area contributed by atoms with Gasteiger partial charge in [0, 0.05) is 11.7 Å². The molecule has 0 amide bonds. The van der Waals surface area contributed by atoms with Gasteiger partial charge in [-0.1, -0.05) is 12.1 Å². The Morgan fingerprint density at radius 2 is 2.14 bits per heavy atom. The highest BCUT2D eigenvalue weighted by Gasteiger charge is 2.44. The van der Waals surface area contributed by atoms with Gasteiger partial charge >= 0.3 is 0 Å². The molecular weight excluding hydrogens is 174 g/mol. The van der Waals surface area contributed by atoms with E-state index in [2.05, 4.69) is 23.2 Å². The summed E-state index contributed by atoms with van der Waals surface area (Å²) >= 11 is 0. The van der Waals surface area contributed by atoms with Crippen LogP contribution in [-0.2, 0) is 10.2 Å². The van der Waals surface area contributed by atoms with Crippen LogP contribution in [0.4, 0.5) is 0 Å². The molecule has 2 nitrogen and oxygen atoms in total. The number of hydrogen-bond acceptors (Lipinski definition) is 1. The topological polar surface area (TPSA) is 32.9 Å². The Labute approximate surface area is 81.9 Å². The number of H-pyrrole nitrogens is 1. The predicted octanol–water partition coefficient (Wildman–Crippen LogP) is 2.40. The number of aromatic nitrogens is 1. The van der Waals surface area contributed by atoms with E-state index >= 15 is 0 Å². The lowest BCUT2D eigenvalue weighted by Gasteiger charge is -2.06. The minimum Gasteiger partial charge on any atom is -0.361 e. The van der Waals surface area contributed by atoms with Crippen LogP contribution in [0.25, 0.3) is 10.9 Å². The summed E-state index contributed by atoms with van der Waals surface area (Å²) in [6.45, 7) is 0. The van der Waals surface area contributed by atoms with Gasteiger partial charge in [-0.3, -0.25) is 0 Å². The predicted molar refractivity (Wildman–Crippen MR) is 55.3 cm³/mol. The summed E-state index contributed by atoms with van der Waals surface area (Å²) < 4.78 is 0. The summed E-state index contributed by atoms with van der Waals surface area (Å²) in [5.74, 6) is 0. The summed E-state index contributed by atoms with van der Waals surface area (Å²) in [7, 11) is 0. The van der Waals surface area contributed by atoms with Crippen LogP contribution in [0.5, 0.6) is 0 Å². The third-order valence-corrected chi connectivity index (χ3v) is 3.14. The second-order valence-electron chi connectivity index (χ2n) is 4.05. The maximum Gasteiger partial charge on any atom is 0.130 e. The standard InChI is InChI=1S/C12H11NO/c14-8-12(4-5-12)10-2-1-9-3-6-13-11(9)7-10/h1-3,6-8,13H,4-5H2. The van der Waals surface area contributed by atoms with Crippen molar-refractivity contribution in [2.75, 3.05) is 0 Å². The number of carbonyl (C=O) groups is 1. The first-order valence-electron chi connectivity index (χ1n) is 4.88. The van der Waals surface area contributed by atoms with Crippen LogP contribution < -0.4 is 0 Å². The molecule has 0 aliphatic heterocycles. The maximum atomic E-state index is 11.0. The van der Waals surface area contributed by atoms with Crippen molar-refractivity contribution < 1.29 is 4.79 Å². The molecule has 2 aromatic rings. The summed E-state index contributed by atoms with van der Waals surface area (Å²) in [6.07, 6.45) is 5.03. The molecule has 2 heteroatoms. The van der Waals surface area contributed by atoms with Crippen molar-refractivity contribution in [1.29, 1.82) is 0 Å². The Balaban J connectivity index is 2.18. The van der Waals surface area contributed by atoms with E-state index in [-0.39, 0.29) is 5.41 Å². The molecule has 3 rings (SSSR count). The van der Waals surface area contributed by atoms with Crippen LogP contribution in [0.1, 0.15) is 18.4 Å². The van der Waals surface area contributed by atoms with Crippen LogP contribution in [-0.4, -0.2) is 11.3 Å². The molecule has 0 spiro atoms. The van der Waals surface area contributed by atoms with Crippen molar-refractivity contribution in [3.63, 3.8) is 0 Å². The number of aldehydes is 1. The van der Waals surface area contributed by atoms with E-state index in [1.807, 2.05) is 12.3 Å². The maximum absolute atomic E-state index is 11.0. The molecule has 70 valence electrons. The molecule has 0 unspecified atom stereocenters. The van der Waals surface area contributed by atoms with Gasteiger partial charge in [-0.05, 0) is 35.9 Å². The van der Waals surface area contributed by atoms with Crippen LogP contribution >= 0.6 is 0 Å². The first-order valence-corrected chi connectivity index (χ1v) is 4.88. The molecule has 1 fully saturated rings. The minimum atomic E-state index is -0.153. The molecule has 0 saturated heterocycles. The van der Waals surface area contributed by atoms with Crippen LogP contribution in [0.3, 0.4) is 0 Å². The Morgan fingerprint density at radius 3 is 2.86 bits per heavy atom. The van der Waals surface area contributed by atoms with Crippen molar-refractivity contribution in [3.8, 4) is 0 Å². The lowest BCUT2D eigenvalue weighted by molar-refractivity contribution is -0.109. The zero-order chi connectivity index (χ0) is 9.60. The van der Waals surface area contributed by atoms with Crippen LogP contribution in [0, 0.1) is 0 Å². The summed E-state index contributed by atoms with van der Waals surface area (Å²) in [4.78, 5) is 14.1. The summed E-state index contributed by atoms with van der Waals surface area (Å²) in [5.41, 5.74) is 2.12. The lowest BCUT2D eigenvalue weighted by Crippen LogP contribution is -2.07. The van der Waals surface area contributed by atoms with Crippen molar-refractivity contribution in [1.82, 2.24) is 4.98 Å². The third-order valence-electron chi connectivity index (χ3n) is 3.14. The molecule has 0 bridgehead atoms. The largest absolute Gasteiger partial charge is 0.361 e. The molecule has 1 aliphatic carbocycles. The highest BCUT2D eigenvalue weighted by molar-refractivity contribution is 5.83. The molecule has 1 N–H and O–H groups in total. The van der Waals surface area contributed by atoms with E-state index in [1.54, 1.807) is 0 Å². The third kappa shape index (κ3) is 0.939. The molecule has 1 saturated carbocycles. The van der Waals surface area contributed by atoms with E-state index in [1.165, 1.54) is 5.39 Å². The summed E-state index contributed by atoms with van der Waals surface area (Å²) in [5, 5.41) is 1.20. The Bertz CT molecular complexity index is 494. The molecule has 1 aromatic heterocycles. The SMILES string of the molecule is O=CC1(c2ccc3cc[nH]c3c2)CC1. The Hall–Kier alpha value is -1.57. The van der Waals surface area contributed by atoms with Gasteiger partial charge in [-0.25, -0.2) is 0 Å². The number of nitrogens with one attached hydrogen (secondary N) is 1. The highest BCUT2D eigenvalue weighted by atomic mass is 16.1. The van der Waals surface area contributed by atoms with Gasteiger partial charge in [-0.2, -0.15) is 0 Å². The van der Waals surface area contributed by atoms with Gasteiger partial charge in [0.05, 0.1) is 5.41 Å². The van der Waals surface area contributed by atoms with E-state index in [4.69, 9.17) is 0 Å². The smallest absolute Gasteiger partial charge is 0.130 e. The summed E-state index contributed by atoms with van der Waals surface area (Å²) in [6, 6.07) is 8.28. The van der Waals surface area contributed by atoms with Crippen molar-refractivity contribution in [2.24, 2.45) is 0 Å². The normalized spacial score (nSPS) is 18.3. The van der Waals surface area contributed by atoms with Crippen molar-refractivity contribution in [2.45, 2.75) is 18.3 Å². The van der Waals surface area contributed by atoms with Gasteiger partial charge in [-0.15, -0.1) is 0 Å². The van der Waals surface area contributed by atoms with Gasteiger partial charge < -0.3 is 9.78 Å². The molecule has 14 heavy (non-hydrogen) atoms. The number of carbonyl (C=O) groups excluding carboxylic acids is 1. The fourth-order valence-corrected chi connectivity index (χ4v) is 1.97. The second kappa shape index (κ2) is 2.47. The fraction of sp³-hybridized carbons (Fsp3) is 0.250. The Kier molecular flexibility index (Phi) is 1.38. The van der Waals surface area contributed by atoms with Gasteiger partial charge in [0.1, 0.15) is 6.29 Å². The van der Waals surface area contributed by atoms with E-state index < -0.39 is 0 Å². The molecule has 0 radical (unpaired) electrons. The minimum absolute atomic E-state index is 0.153. The first kappa shape index (κ1) is 7.80. The number of hydrogen-bond donors (Lipinski definition) is 1. The van der Waals surface area contributed by atoms with Crippen molar-refractivity contribution in [3.05, 3.63) is 36.0 Å². The lowest BCUT2D eigenvalue weighted by atomic mass is 9.97. The van der Waals surface area contributed by atoms with E-state index in [0.717, 1.165) is 30.2 Å². The van der Waals surface area contributed by atoms with Gasteiger partial charge in [0.25, 0.3) is 0 Å².